The summed E-state index contributed by atoms with van der Waals surface area (Å²) in [4.78, 5) is 41.9. The van der Waals surface area contributed by atoms with Crippen LogP contribution in [-0.2, 0) is 25.7 Å². The van der Waals surface area contributed by atoms with Crippen LogP contribution >= 0.6 is 0 Å². The summed E-state index contributed by atoms with van der Waals surface area (Å²) in [5.41, 5.74) is 1.06. The summed E-state index contributed by atoms with van der Waals surface area (Å²) >= 11 is 0. The van der Waals surface area contributed by atoms with Crippen LogP contribution in [-0.4, -0.2) is 53.3 Å². The summed E-state index contributed by atoms with van der Waals surface area (Å²) in [6.07, 6.45) is 5.17. The Bertz CT molecular complexity index is 750. The smallest absolute Gasteiger partial charge is 0.328 e. The molecule has 1 aromatic carbocycles. The highest BCUT2D eigenvalue weighted by Gasteiger charge is 2.50. The minimum atomic E-state index is -0.496. The predicted octanol–water partition coefficient (Wildman–Crippen LogP) is 2.37. The Morgan fingerprint density at radius 1 is 1.14 bits per heavy atom. The van der Waals surface area contributed by atoms with Gasteiger partial charge in [-0.2, -0.15) is 0 Å². The van der Waals surface area contributed by atoms with E-state index in [2.05, 4.69) is 0 Å². The predicted molar refractivity (Wildman–Crippen MR) is 103 cm³/mol. The minimum Gasteiger partial charge on any atom is -0.467 e. The highest BCUT2D eigenvalue weighted by Crippen LogP contribution is 2.41. The van der Waals surface area contributed by atoms with Crippen molar-refractivity contribution >= 4 is 17.8 Å². The van der Waals surface area contributed by atoms with E-state index in [1.165, 1.54) is 7.11 Å². The molecular formula is C22H28N2O4. The van der Waals surface area contributed by atoms with Crippen LogP contribution in [0.1, 0.15) is 44.1 Å². The number of hydrogen-bond donors (Lipinski definition) is 0. The Morgan fingerprint density at radius 3 is 2.64 bits per heavy atom. The number of hydrogen-bond acceptors (Lipinski definition) is 4. The molecule has 2 saturated heterocycles. The first-order chi connectivity index (χ1) is 13.6. The van der Waals surface area contributed by atoms with Gasteiger partial charge in [-0.05, 0) is 30.7 Å². The van der Waals surface area contributed by atoms with Crippen molar-refractivity contribution in [3.63, 3.8) is 0 Å². The van der Waals surface area contributed by atoms with E-state index >= 15 is 0 Å². The number of fused-ring (bicyclic) bond motifs is 1. The molecule has 28 heavy (non-hydrogen) atoms. The third kappa shape index (κ3) is 3.52. The Morgan fingerprint density at radius 2 is 1.89 bits per heavy atom. The van der Waals surface area contributed by atoms with Crippen molar-refractivity contribution < 1.29 is 19.1 Å². The minimum absolute atomic E-state index is 0.0104. The molecule has 0 spiro atoms. The SMILES string of the molecule is COC(=O)[C@@H]1C[C@@H]2CCCC[C@H]2N1C(=O)[C@@H]1CC(=O)N(Cc2ccccc2)C1. The summed E-state index contributed by atoms with van der Waals surface area (Å²) in [5.74, 6) is -0.360. The highest BCUT2D eigenvalue weighted by atomic mass is 16.5. The zero-order valence-electron chi connectivity index (χ0n) is 16.4. The number of amides is 2. The molecule has 2 amide bonds. The summed E-state index contributed by atoms with van der Waals surface area (Å²) in [6.45, 7) is 0.949. The maximum Gasteiger partial charge on any atom is 0.328 e. The van der Waals surface area contributed by atoms with Gasteiger partial charge in [0.05, 0.1) is 13.0 Å². The molecule has 1 saturated carbocycles. The van der Waals surface area contributed by atoms with E-state index < -0.39 is 6.04 Å². The third-order valence-electron chi connectivity index (χ3n) is 6.60. The van der Waals surface area contributed by atoms with E-state index in [0.717, 1.165) is 31.2 Å². The van der Waals surface area contributed by atoms with Crippen LogP contribution in [0.2, 0.25) is 0 Å². The fraction of sp³-hybridized carbons (Fsp3) is 0.591. The standard InChI is InChI=1S/C22H28N2O4/c1-28-22(27)19-11-16-9-5-6-10-18(16)24(19)21(26)17-12-20(25)23(14-17)13-15-7-3-2-4-8-15/h2-4,7-8,16-19H,5-6,9-14H2,1H3/t16-,17+,18+,19-/m0/s1. The molecule has 0 radical (unpaired) electrons. The van der Waals surface area contributed by atoms with Crippen molar-refractivity contribution in [3.8, 4) is 0 Å². The first-order valence-corrected chi connectivity index (χ1v) is 10.3. The van der Waals surface area contributed by atoms with Crippen LogP contribution in [0.3, 0.4) is 0 Å². The molecule has 2 heterocycles. The molecule has 6 nitrogen and oxygen atoms in total. The van der Waals surface area contributed by atoms with Gasteiger partial charge in [-0.1, -0.05) is 43.2 Å². The molecule has 1 aromatic rings. The molecule has 0 unspecified atom stereocenters. The summed E-state index contributed by atoms with van der Waals surface area (Å²) in [5, 5.41) is 0. The van der Waals surface area contributed by atoms with Gasteiger partial charge in [-0.3, -0.25) is 9.59 Å². The summed E-state index contributed by atoms with van der Waals surface area (Å²) in [6, 6.07) is 9.45. The molecule has 6 heteroatoms. The van der Waals surface area contributed by atoms with Gasteiger partial charge in [-0.25, -0.2) is 4.79 Å². The fourth-order valence-corrected chi connectivity index (χ4v) is 5.23. The lowest BCUT2D eigenvalue weighted by Crippen LogP contribution is -2.49. The lowest BCUT2D eigenvalue weighted by molar-refractivity contribution is -0.154. The van der Waals surface area contributed by atoms with Crippen LogP contribution in [0.5, 0.6) is 0 Å². The van der Waals surface area contributed by atoms with Gasteiger partial charge in [0.1, 0.15) is 6.04 Å². The maximum absolute atomic E-state index is 13.4. The third-order valence-corrected chi connectivity index (χ3v) is 6.60. The maximum atomic E-state index is 13.4. The molecule has 3 aliphatic rings. The lowest BCUT2D eigenvalue weighted by Gasteiger charge is -2.34. The fourth-order valence-electron chi connectivity index (χ4n) is 5.23. The summed E-state index contributed by atoms with van der Waals surface area (Å²) < 4.78 is 4.99. The Kier molecular flexibility index (Phi) is 5.38. The second-order valence-corrected chi connectivity index (χ2v) is 8.29. The van der Waals surface area contributed by atoms with Crippen LogP contribution in [0.15, 0.2) is 30.3 Å². The zero-order chi connectivity index (χ0) is 19.7. The van der Waals surface area contributed by atoms with Crippen molar-refractivity contribution in [1.29, 1.82) is 0 Å². The van der Waals surface area contributed by atoms with Crippen molar-refractivity contribution in [2.45, 2.75) is 57.2 Å². The van der Waals surface area contributed by atoms with Gasteiger partial charge in [0.15, 0.2) is 0 Å². The molecule has 150 valence electrons. The van der Waals surface area contributed by atoms with Gasteiger partial charge in [0, 0.05) is 25.6 Å². The lowest BCUT2D eigenvalue weighted by atomic mass is 9.84. The van der Waals surface area contributed by atoms with Crippen LogP contribution in [0.25, 0.3) is 0 Å². The monoisotopic (exact) mass is 384 g/mol. The largest absolute Gasteiger partial charge is 0.467 e. The molecule has 3 fully saturated rings. The number of carbonyl (C=O) groups excluding carboxylic acids is 3. The second kappa shape index (κ2) is 7.94. The number of esters is 1. The summed E-state index contributed by atoms with van der Waals surface area (Å²) in [7, 11) is 1.38. The number of carbonyl (C=O) groups is 3. The van der Waals surface area contributed by atoms with Crippen LogP contribution < -0.4 is 0 Å². The Labute approximate surface area is 165 Å². The molecule has 4 rings (SSSR count). The second-order valence-electron chi connectivity index (χ2n) is 8.29. The van der Waals surface area contributed by atoms with E-state index in [1.807, 2.05) is 30.3 Å². The topological polar surface area (TPSA) is 66.9 Å². The average molecular weight is 384 g/mol. The van der Waals surface area contributed by atoms with Crippen LogP contribution in [0.4, 0.5) is 0 Å². The number of nitrogens with zero attached hydrogens (tertiary/aromatic N) is 2. The molecule has 2 aliphatic heterocycles. The first-order valence-electron chi connectivity index (χ1n) is 10.3. The molecule has 4 atom stereocenters. The molecule has 0 aromatic heterocycles. The van der Waals surface area contributed by atoms with E-state index in [9.17, 15) is 14.4 Å². The molecule has 0 N–H and O–H groups in total. The zero-order valence-corrected chi connectivity index (χ0v) is 16.4. The quantitative estimate of drug-likeness (QED) is 0.748. The van der Waals surface area contributed by atoms with Crippen molar-refractivity contribution in [2.75, 3.05) is 13.7 Å². The van der Waals surface area contributed by atoms with Gasteiger partial charge in [-0.15, -0.1) is 0 Å². The number of ether oxygens (including phenoxy) is 1. The number of likely N-dealkylation sites (tertiary alicyclic amines) is 2. The molecule has 1 aliphatic carbocycles. The number of rotatable bonds is 4. The molecule has 0 bridgehead atoms. The number of benzene rings is 1. The van der Waals surface area contributed by atoms with Gasteiger partial charge in [0.2, 0.25) is 11.8 Å². The Balaban J connectivity index is 1.49. The average Bonchev–Trinajstić information content (AvgIpc) is 3.28. The van der Waals surface area contributed by atoms with Crippen molar-refractivity contribution in [3.05, 3.63) is 35.9 Å². The van der Waals surface area contributed by atoms with E-state index in [-0.39, 0.29) is 36.2 Å². The van der Waals surface area contributed by atoms with E-state index in [4.69, 9.17) is 4.74 Å². The van der Waals surface area contributed by atoms with E-state index in [0.29, 0.717) is 25.4 Å². The van der Waals surface area contributed by atoms with E-state index in [1.54, 1.807) is 9.80 Å². The van der Waals surface area contributed by atoms with Gasteiger partial charge in [0.25, 0.3) is 0 Å². The Hall–Kier alpha value is -2.37. The van der Waals surface area contributed by atoms with Crippen molar-refractivity contribution in [1.82, 2.24) is 9.80 Å². The molecular weight excluding hydrogens is 356 g/mol. The van der Waals surface area contributed by atoms with Gasteiger partial charge < -0.3 is 14.5 Å². The number of methoxy groups -OCH3 is 1. The van der Waals surface area contributed by atoms with Gasteiger partial charge >= 0.3 is 5.97 Å². The van der Waals surface area contributed by atoms with Crippen LogP contribution in [0, 0.1) is 11.8 Å². The first kappa shape index (κ1) is 19.0. The van der Waals surface area contributed by atoms with Crippen molar-refractivity contribution in [2.24, 2.45) is 11.8 Å². The normalized spacial score (nSPS) is 29.7. The highest BCUT2D eigenvalue weighted by molar-refractivity contribution is 5.92.